The minimum absolute atomic E-state index is 0.254. The van der Waals surface area contributed by atoms with Crippen LogP contribution in [-0.4, -0.2) is 34.0 Å². The fourth-order valence-corrected chi connectivity index (χ4v) is 3.22. The Morgan fingerprint density at radius 1 is 1.04 bits per heavy atom. The number of hydrogen-bond acceptors (Lipinski definition) is 5. The van der Waals surface area contributed by atoms with Crippen molar-refractivity contribution < 1.29 is 17.9 Å². The molecule has 1 heterocycles. The SMILES string of the molecule is CCNC(=NCc1ccc2c(c1)OCO2)NCc1ccc(S(C)(=O)=O)cc1. The smallest absolute Gasteiger partial charge is 0.231 e. The summed E-state index contributed by atoms with van der Waals surface area (Å²) in [6.07, 6.45) is 1.20. The lowest BCUT2D eigenvalue weighted by Crippen LogP contribution is -2.36. The van der Waals surface area contributed by atoms with Crippen LogP contribution in [0.4, 0.5) is 0 Å². The number of ether oxygens (including phenoxy) is 2. The van der Waals surface area contributed by atoms with Gasteiger partial charge in [-0.3, -0.25) is 0 Å². The van der Waals surface area contributed by atoms with E-state index < -0.39 is 9.84 Å². The maximum Gasteiger partial charge on any atom is 0.231 e. The van der Waals surface area contributed by atoms with Gasteiger partial charge in [-0.2, -0.15) is 0 Å². The lowest BCUT2D eigenvalue weighted by molar-refractivity contribution is 0.174. The predicted molar refractivity (Wildman–Crippen MR) is 104 cm³/mol. The summed E-state index contributed by atoms with van der Waals surface area (Å²) < 4.78 is 33.8. The molecule has 7 nitrogen and oxygen atoms in total. The lowest BCUT2D eigenvalue weighted by atomic mass is 10.2. The van der Waals surface area contributed by atoms with E-state index in [2.05, 4.69) is 15.6 Å². The molecule has 27 heavy (non-hydrogen) atoms. The molecule has 2 aromatic rings. The van der Waals surface area contributed by atoms with Gasteiger partial charge in [-0.1, -0.05) is 18.2 Å². The molecule has 0 fully saturated rings. The third-order valence-electron chi connectivity index (χ3n) is 4.01. The van der Waals surface area contributed by atoms with Crippen LogP contribution < -0.4 is 20.1 Å². The molecule has 1 aliphatic rings. The van der Waals surface area contributed by atoms with Crippen LogP contribution in [0.5, 0.6) is 11.5 Å². The summed E-state index contributed by atoms with van der Waals surface area (Å²) in [5.74, 6) is 2.18. The fraction of sp³-hybridized carbons (Fsp3) is 0.316. The van der Waals surface area contributed by atoms with Crippen molar-refractivity contribution >= 4 is 15.8 Å². The zero-order valence-corrected chi connectivity index (χ0v) is 16.2. The number of benzene rings is 2. The summed E-state index contributed by atoms with van der Waals surface area (Å²) in [4.78, 5) is 4.90. The van der Waals surface area contributed by atoms with Crippen LogP contribution in [-0.2, 0) is 22.9 Å². The Kier molecular flexibility index (Phi) is 5.85. The van der Waals surface area contributed by atoms with Crippen molar-refractivity contribution in [3.8, 4) is 11.5 Å². The Morgan fingerprint density at radius 2 is 1.74 bits per heavy atom. The molecule has 0 bridgehead atoms. The first-order valence-electron chi connectivity index (χ1n) is 8.65. The summed E-state index contributed by atoms with van der Waals surface area (Å²) in [6.45, 7) is 4.03. The van der Waals surface area contributed by atoms with Gasteiger partial charge in [-0.05, 0) is 42.3 Å². The zero-order chi connectivity index (χ0) is 19.3. The minimum atomic E-state index is -3.18. The van der Waals surface area contributed by atoms with E-state index in [1.165, 1.54) is 6.26 Å². The van der Waals surface area contributed by atoms with E-state index in [9.17, 15) is 8.42 Å². The number of hydrogen-bond donors (Lipinski definition) is 2. The van der Waals surface area contributed by atoms with E-state index in [-0.39, 0.29) is 6.79 Å². The first-order valence-corrected chi connectivity index (χ1v) is 10.5. The molecule has 1 aliphatic heterocycles. The van der Waals surface area contributed by atoms with E-state index in [1.807, 2.05) is 25.1 Å². The summed E-state index contributed by atoms with van der Waals surface area (Å²) in [6, 6.07) is 12.6. The van der Waals surface area contributed by atoms with Crippen LogP contribution in [0.3, 0.4) is 0 Å². The maximum atomic E-state index is 11.5. The van der Waals surface area contributed by atoms with Gasteiger partial charge in [0, 0.05) is 19.3 Å². The number of aliphatic imine (C=N–C) groups is 1. The molecule has 0 radical (unpaired) electrons. The van der Waals surface area contributed by atoms with Crippen molar-refractivity contribution in [3.63, 3.8) is 0 Å². The monoisotopic (exact) mass is 389 g/mol. The standard InChI is InChI=1S/C19H23N3O4S/c1-3-20-19(21-11-14-4-7-16(8-5-14)27(2,23)24)22-12-15-6-9-17-18(10-15)26-13-25-17/h4-10H,3,11-13H2,1-2H3,(H2,20,21,22). The van der Waals surface area contributed by atoms with Crippen molar-refractivity contribution in [2.24, 2.45) is 4.99 Å². The molecule has 0 spiro atoms. The normalized spacial score (nSPS) is 13.5. The van der Waals surface area contributed by atoms with Crippen LogP contribution in [0.2, 0.25) is 0 Å². The van der Waals surface area contributed by atoms with Crippen molar-refractivity contribution in [3.05, 3.63) is 53.6 Å². The molecule has 3 rings (SSSR count). The Hall–Kier alpha value is -2.74. The topological polar surface area (TPSA) is 89.0 Å². The van der Waals surface area contributed by atoms with Crippen molar-refractivity contribution in [1.82, 2.24) is 10.6 Å². The molecule has 0 amide bonds. The second-order valence-electron chi connectivity index (χ2n) is 6.15. The summed E-state index contributed by atoms with van der Waals surface area (Å²) in [5, 5.41) is 6.45. The van der Waals surface area contributed by atoms with Gasteiger partial charge >= 0.3 is 0 Å². The summed E-state index contributed by atoms with van der Waals surface area (Å²) in [5.41, 5.74) is 1.99. The number of sulfone groups is 1. The van der Waals surface area contributed by atoms with Gasteiger partial charge in [0.05, 0.1) is 11.4 Å². The number of nitrogens with zero attached hydrogens (tertiary/aromatic N) is 1. The second kappa shape index (κ2) is 8.30. The summed E-state index contributed by atoms with van der Waals surface area (Å²) >= 11 is 0. The van der Waals surface area contributed by atoms with Crippen molar-refractivity contribution in [2.75, 3.05) is 19.6 Å². The van der Waals surface area contributed by atoms with Gasteiger partial charge in [0.1, 0.15) is 0 Å². The van der Waals surface area contributed by atoms with Crippen molar-refractivity contribution in [2.45, 2.75) is 24.9 Å². The van der Waals surface area contributed by atoms with Crippen LogP contribution in [0, 0.1) is 0 Å². The first-order chi connectivity index (χ1) is 13.0. The highest BCUT2D eigenvalue weighted by atomic mass is 32.2. The van der Waals surface area contributed by atoms with Gasteiger partial charge < -0.3 is 20.1 Å². The molecule has 0 atom stereocenters. The molecule has 0 aliphatic carbocycles. The Balaban J connectivity index is 1.62. The minimum Gasteiger partial charge on any atom is -0.454 e. The Labute approximate surface area is 159 Å². The highest BCUT2D eigenvalue weighted by molar-refractivity contribution is 7.90. The van der Waals surface area contributed by atoms with E-state index in [1.54, 1.807) is 24.3 Å². The van der Waals surface area contributed by atoms with Gasteiger partial charge in [0.2, 0.25) is 6.79 Å². The van der Waals surface area contributed by atoms with Gasteiger partial charge in [0.25, 0.3) is 0 Å². The first kappa shape index (κ1) is 19.0. The van der Waals surface area contributed by atoms with Crippen LogP contribution in [0.25, 0.3) is 0 Å². The summed E-state index contributed by atoms with van der Waals surface area (Å²) in [7, 11) is -3.18. The molecule has 8 heteroatoms. The number of fused-ring (bicyclic) bond motifs is 1. The molecular weight excluding hydrogens is 366 g/mol. The lowest BCUT2D eigenvalue weighted by Gasteiger charge is -2.12. The fourth-order valence-electron chi connectivity index (χ4n) is 2.59. The molecule has 0 aromatic heterocycles. The second-order valence-corrected chi connectivity index (χ2v) is 8.17. The maximum absolute atomic E-state index is 11.5. The van der Waals surface area contributed by atoms with Crippen molar-refractivity contribution in [1.29, 1.82) is 0 Å². The van der Waals surface area contributed by atoms with Gasteiger partial charge in [-0.15, -0.1) is 0 Å². The highest BCUT2D eigenvalue weighted by Gasteiger charge is 2.13. The van der Waals surface area contributed by atoms with Gasteiger partial charge in [0.15, 0.2) is 27.3 Å². The molecule has 144 valence electrons. The highest BCUT2D eigenvalue weighted by Crippen LogP contribution is 2.32. The average Bonchev–Trinajstić information content (AvgIpc) is 3.11. The number of nitrogens with one attached hydrogen (secondary N) is 2. The third-order valence-corrected chi connectivity index (χ3v) is 5.14. The van der Waals surface area contributed by atoms with E-state index in [0.717, 1.165) is 29.2 Å². The number of rotatable bonds is 6. The molecule has 0 saturated heterocycles. The largest absolute Gasteiger partial charge is 0.454 e. The van der Waals surface area contributed by atoms with E-state index in [0.29, 0.717) is 23.9 Å². The predicted octanol–water partition coefficient (Wildman–Crippen LogP) is 2.07. The number of guanidine groups is 1. The molecule has 2 aromatic carbocycles. The van der Waals surface area contributed by atoms with Crippen LogP contribution in [0.15, 0.2) is 52.4 Å². The molecule has 2 N–H and O–H groups in total. The molecular formula is C19H23N3O4S. The van der Waals surface area contributed by atoms with Crippen LogP contribution in [0.1, 0.15) is 18.1 Å². The molecule has 0 saturated carbocycles. The van der Waals surface area contributed by atoms with Gasteiger partial charge in [-0.25, -0.2) is 13.4 Å². The third kappa shape index (κ3) is 5.13. The zero-order valence-electron chi connectivity index (χ0n) is 15.4. The van der Waals surface area contributed by atoms with E-state index >= 15 is 0 Å². The van der Waals surface area contributed by atoms with Crippen LogP contribution >= 0.6 is 0 Å². The Bertz CT molecular complexity index is 924. The average molecular weight is 389 g/mol. The van der Waals surface area contributed by atoms with E-state index in [4.69, 9.17) is 9.47 Å². The quantitative estimate of drug-likeness (QED) is 0.581. The molecule has 0 unspecified atom stereocenters. The Morgan fingerprint density at radius 3 is 2.44 bits per heavy atom.